The molecule has 0 saturated heterocycles. The van der Waals surface area contributed by atoms with E-state index in [1.807, 2.05) is 0 Å². The standard InChI is InChI=1S/C30H22N2/c1-5-16-27-23(12-1)24-13-2-6-17-28(24)31(27)21-10-9-11-22(20-21)32-29-18-7-3-14-25(29)26-15-4-8-19-30(26)32/h1-19,21H,20H2. The van der Waals surface area contributed by atoms with E-state index in [0.717, 1.165) is 6.42 Å². The number of fused-ring (bicyclic) bond motifs is 6. The molecule has 2 heteroatoms. The van der Waals surface area contributed by atoms with Crippen molar-refractivity contribution in [2.45, 2.75) is 12.5 Å². The summed E-state index contributed by atoms with van der Waals surface area (Å²) in [5.41, 5.74) is 6.47. The molecule has 0 saturated carbocycles. The van der Waals surface area contributed by atoms with Crippen molar-refractivity contribution in [1.82, 2.24) is 9.13 Å². The normalized spacial score (nSPS) is 16.4. The molecule has 1 unspecified atom stereocenters. The molecule has 32 heavy (non-hydrogen) atoms. The van der Waals surface area contributed by atoms with Crippen LogP contribution in [0, 0.1) is 0 Å². The first-order valence-electron chi connectivity index (χ1n) is 11.2. The highest BCUT2D eigenvalue weighted by atomic mass is 15.0. The lowest BCUT2D eigenvalue weighted by molar-refractivity contribution is 0.646. The Balaban J connectivity index is 1.43. The fourth-order valence-corrected chi connectivity index (χ4v) is 5.53. The number of benzene rings is 4. The molecule has 1 atom stereocenters. The molecule has 2 heterocycles. The van der Waals surface area contributed by atoms with Crippen molar-refractivity contribution >= 4 is 49.3 Å². The van der Waals surface area contributed by atoms with Crippen LogP contribution in [0.2, 0.25) is 0 Å². The highest BCUT2D eigenvalue weighted by Gasteiger charge is 2.21. The Bertz CT molecular complexity index is 1600. The summed E-state index contributed by atoms with van der Waals surface area (Å²) in [5, 5.41) is 5.27. The Morgan fingerprint density at radius 1 is 0.531 bits per heavy atom. The molecule has 1 aliphatic carbocycles. The molecule has 6 aromatic rings. The number of nitrogens with zero attached hydrogens (tertiary/aromatic N) is 2. The first-order valence-corrected chi connectivity index (χ1v) is 11.2. The van der Waals surface area contributed by atoms with E-state index in [9.17, 15) is 0 Å². The topological polar surface area (TPSA) is 9.86 Å². The Labute approximate surface area is 186 Å². The van der Waals surface area contributed by atoms with E-state index in [2.05, 4.69) is 124 Å². The van der Waals surface area contributed by atoms with E-state index >= 15 is 0 Å². The van der Waals surface area contributed by atoms with Crippen LogP contribution in [0.1, 0.15) is 12.5 Å². The van der Waals surface area contributed by atoms with Crippen LogP contribution in [-0.2, 0) is 0 Å². The second-order valence-corrected chi connectivity index (χ2v) is 8.59. The molecule has 0 spiro atoms. The number of hydrogen-bond acceptors (Lipinski definition) is 0. The van der Waals surface area contributed by atoms with Crippen molar-refractivity contribution in [1.29, 1.82) is 0 Å². The van der Waals surface area contributed by atoms with Gasteiger partial charge in [-0.3, -0.25) is 0 Å². The van der Waals surface area contributed by atoms with Gasteiger partial charge in [0.05, 0.1) is 17.1 Å². The number of rotatable bonds is 2. The minimum atomic E-state index is 0.264. The molecule has 4 aromatic carbocycles. The third kappa shape index (κ3) is 2.41. The summed E-state index contributed by atoms with van der Waals surface area (Å²) >= 11 is 0. The quantitative estimate of drug-likeness (QED) is 0.274. The summed E-state index contributed by atoms with van der Waals surface area (Å²) in [6.07, 6.45) is 7.80. The minimum Gasteiger partial charge on any atom is -0.333 e. The number of hydrogen-bond donors (Lipinski definition) is 0. The summed E-state index contributed by atoms with van der Waals surface area (Å²) < 4.78 is 4.97. The van der Waals surface area contributed by atoms with Gasteiger partial charge in [0.15, 0.2) is 0 Å². The lowest BCUT2D eigenvalue weighted by Crippen LogP contribution is -2.12. The van der Waals surface area contributed by atoms with Crippen LogP contribution >= 0.6 is 0 Å². The second kappa shape index (κ2) is 6.73. The molecule has 0 aliphatic heterocycles. The number of allylic oxidation sites excluding steroid dienone is 4. The van der Waals surface area contributed by atoms with Gasteiger partial charge in [-0.15, -0.1) is 0 Å². The molecule has 1 aliphatic rings. The molecule has 2 nitrogen and oxygen atoms in total. The SMILES string of the molecule is C1=CC(n2c3ccccc3c3ccccc32)CC(n2c3ccccc3c3ccccc32)=C1. The lowest BCUT2D eigenvalue weighted by Gasteiger charge is -2.24. The molecule has 7 rings (SSSR count). The highest BCUT2D eigenvalue weighted by molar-refractivity contribution is 6.10. The predicted octanol–water partition coefficient (Wildman–Crippen LogP) is 7.94. The summed E-state index contributed by atoms with van der Waals surface area (Å²) in [5.74, 6) is 0. The number of para-hydroxylation sites is 4. The molecule has 0 amide bonds. The van der Waals surface area contributed by atoms with Crippen LogP contribution in [-0.4, -0.2) is 9.13 Å². The van der Waals surface area contributed by atoms with Gasteiger partial charge >= 0.3 is 0 Å². The zero-order valence-corrected chi connectivity index (χ0v) is 17.6. The monoisotopic (exact) mass is 410 g/mol. The van der Waals surface area contributed by atoms with E-state index in [-0.39, 0.29) is 6.04 Å². The Morgan fingerprint density at radius 3 is 1.50 bits per heavy atom. The van der Waals surface area contributed by atoms with Crippen molar-refractivity contribution < 1.29 is 0 Å². The molecule has 0 bridgehead atoms. The summed E-state index contributed by atoms with van der Waals surface area (Å²) in [7, 11) is 0. The van der Waals surface area contributed by atoms with Gasteiger partial charge in [-0.05, 0) is 30.3 Å². The fraction of sp³-hybridized carbons (Fsp3) is 0.0667. The van der Waals surface area contributed by atoms with E-state index < -0.39 is 0 Å². The maximum atomic E-state index is 2.52. The summed E-state index contributed by atoms with van der Waals surface area (Å²) in [6.45, 7) is 0. The van der Waals surface area contributed by atoms with Crippen LogP contribution in [0.4, 0.5) is 0 Å². The van der Waals surface area contributed by atoms with E-state index in [1.54, 1.807) is 0 Å². The van der Waals surface area contributed by atoms with Gasteiger partial charge in [-0.2, -0.15) is 0 Å². The van der Waals surface area contributed by atoms with Gasteiger partial charge in [-0.1, -0.05) is 84.9 Å². The molecular weight excluding hydrogens is 388 g/mol. The first-order chi connectivity index (χ1) is 15.9. The van der Waals surface area contributed by atoms with Crippen LogP contribution in [0.5, 0.6) is 0 Å². The Morgan fingerprint density at radius 2 is 0.969 bits per heavy atom. The average molecular weight is 411 g/mol. The van der Waals surface area contributed by atoms with E-state index in [1.165, 1.54) is 49.3 Å². The molecule has 152 valence electrons. The smallest absolute Gasteiger partial charge is 0.0580 e. The average Bonchev–Trinajstić information content (AvgIpc) is 3.37. The van der Waals surface area contributed by atoms with Crippen molar-refractivity contribution in [2.75, 3.05) is 0 Å². The van der Waals surface area contributed by atoms with Gasteiger partial charge in [-0.25, -0.2) is 0 Å². The molecule has 0 N–H and O–H groups in total. The maximum absolute atomic E-state index is 2.52. The lowest BCUT2D eigenvalue weighted by atomic mass is 10.0. The van der Waals surface area contributed by atoms with Gasteiger partial charge in [0.1, 0.15) is 0 Å². The molecule has 2 aromatic heterocycles. The van der Waals surface area contributed by atoms with Crippen LogP contribution < -0.4 is 0 Å². The van der Waals surface area contributed by atoms with Gasteiger partial charge in [0.2, 0.25) is 0 Å². The van der Waals surface area contributed by atoms with Crippen molar-refractivity contribution in [3.63, 3.8) is 0 Å². The largest absolute Gasteiger partial charge is 0.333 e. The zero-order valence-electron chi connectivity index (χ0n) is 17.6. The molecule has 0 radical (unpaired) electrons. The van der Waals surface area contributed by atoms with Crippen LogP contribution in [0.15, 0.2) is 115 Å². The van der Waals surface area contributed by atoms with Crippen molar-refractivity contribution in [3.8, 4) is 0 Å². The van der Waals surface area contributed by atoms with E-state index in [4.69, 9.17) is 0 Å². The number of aromatic nitrogens is 2. The predicted molar refractivity (Wildman–Crippen MR) is 136 cm³/mol. The van der Waals surface area contributed by atoms with Gasteiger partial charge in [0, 0.05) is 44.7 Å². The van der Waals surface area contributed by atoms with Crippen molar-refractivity contribution in [3.05, 3.63) is 115 Å². The minimum absolute atomic E-state index is 0.264. The summed E-state index contributed by atoms with van der Waals surface area (Å²) in [4.78, 5) is 0. The fourth-order valence-electron chi connectivity index (χ4n) is 5.53. The van der Waals surface area contributed by atoms with Crippen molar-refractivity contribution in [2.24, 2.45) is 0 Å². The molecular formula is C30H22N2. The maximum Gasteiger partial charge on any atom is 0.0580 e. The van der Waals surface area contributed by atoms with E-state index in [0.29, 0.717) is 0 Å². The zero-order chi connectivity index (χ0) is 21.1. The Kier molecular flexibility index (Phi) is 3.71. The third-order valence-electron chi connectivity index (χ3n) is 6.86. The van der Waals surface area contributed by atoms with Crippen LogP contribution in [0.25, 0.3) is 49.3 Å². The molecule has 0 fully saturated rings. The van der Waals surface area contributed by atoms with Gasteiger partial charge < -0.3 is 9.13 Å². The van der Waals surface area contributed by atoms with Crippen LogP contribution in [0.3, 0.4) is 0 Å². The Hall–Kier alpha value is -4.04. The first kappa shape index (κ1) is 17.6. The summed E-state index contributed by atoms with van der Waals surface area (Å²) in [6, 6.07) is 35.3. The second-order valence-electron chi connectivity index (χ2n) is 8.59. The highest BCUT2D eigenvalue weighted by Crippen LogP contribution is 2.39. The van der Waals surface area contributed by atoms with Gasteiger partial charge in [0.25, 0.3) is 0 Å². The third-order valence-corrected chi connectivity index (χ3v) is 6.86.